The Kier molecular flexibility index (Phi) is 2.30. The average molecular weight is 282 g/mol. The molecule has 0 amide bonds. The largest absolute Gasteiger partial charge is 0.506 e. The molecule has 2 aromatic carbocycles. The van der Waals surface area contributed by atoms with Crippen LogP contribution >= 0.6 is 11.6 Å². The van der Waals surface area contributed by atoms with Gasteiger partial charge in [-0.3, -0.25) is 0 Å². The summed E-state index contributed by atoms with van der Waals surface area (Å²) >= 11 is 5.89. The monoisotopic (exact) mass is 281 g/mol. The molecule has 4 nitrogen and oxygen atoms in total. The normalized spacial score (nSPS) is 15.4. The molecule has 6 heteroatoms. The Morgan fingerprint density at radius 1 is 1.06 bits per heavy atom. The van der Waals surface area contributed by atoms with E-state index in [1.165, 1.54) is 18.2 Å². The van der Waals surface area contributed by atoms with E-state index >= 15 is 0 Å². The SMILES string of the molecule is O=S1(=O)c2ccccc2Nc2ccc(O)c(Cl)c21. The number of phenols is 1. The summed E-state index contributed by atoms with van der Waals surface area (Å²) in [5.74, 6) is -0.250. The van der Waals surface area contributed by atoms with E-state index in [2.05, 4.69) is 5.32 Å². The molecule has 3 rings (SSSR count). The molecule has 2 aromatic rings. The minimum Gasteiger partial charge on any atom is -0.506 e. The first-order valence-electron chi connectivity index (χ1n) is 5.14. The Morgan fingerprint density at radius 2 is 1.78 bits per heavy atom. The maximum atomic E-state index is 12.4. The van der Waals surface area contributed by atoms with Crippen molar-refractivity contribution in [2.75, 3.05) is 5.32 Å². The highest BCUT2D eigenvalue weighted by Crippen LogP contribution is 2.45. The minimum absolute atomic E-state index is 0.0807. The van der Waals surface area contributed by atoms with Gasteiger partial charge in [-0.25, -0.2) is 8.42 Å². The van der Waals surface area contributed by atoms with E-state index in [0.717, 1.165) is 0 Å². The molecule has 2 N–H and O–H groups in total. The second-order valence-electron chi connectivity index (χ2n) is 3.90. The van der Waals surface area contributed by atoms with Gasteiger partial charge in [0, 0.05) is 0 Å². The number of hydrogen-bond acceptors (Lipinski definition) is 4. The van der Waals surface area contributed by atoms with Gasteiger partial charge < -0.3 is 10.4 Å². The number of benzene rings is 2. The molecule has 0 spiro atoms. The average Bonchev–Trinajstić information content (AvgIpc) is 2.33. The van der Waals surface area contributed by atoms with Gasteiger partial charge in [0.25, 0.3) is 0 Å². The molecule has 0 saturated carbocycles. The third-order valence-corrected chi connectivity index (χ3v) is 5.18. The summed E-state index contributed by atoms with van der Waals surface area (Å²) in [5, 5.41) is 12.4. The molecule has 0 atom stereocenters. The molecule has 0 fully saturated rings. The molecule has 1 aliphatic heterocycles. The summed E-state index contributed by atoms with van der Waals surface area (Å²) in [6, 6.07) is 9.41. The van der Waals surface area contributed by atoms with Crippen molar-refractivity contribution in [1.82, 2.24) is 0 Å². The van der Waals surface area contributed by atoms with Crippen molar-refractivity contribution in [3.05, 3.63) is 41.4 Å². The Balaban J connectivity index is 2.40. The van der Waals surface area contributed by atoms with Crippen LogP contribution in [0.5, 0.6) is 5.75 Å². The van der Waals surface area contributed by atoms with Crippen molar-refractivity contribution in [3.63, 3.8) is 0 Å². The highest BCUT2D eigenvalue weighted by Gasteiger charge is 2.32. The third kappa shape index (κ3) is 1.41. The van der Waals surface area contributed by atoms with Crippen molar-refractivity contribution < 1.29 is 13.5 Å². The summed E-state index contributed by atoms with van der Waals surface area (Å²) in [5.41, 5.74) is 0.878. The number of hydrogen-bond donors (Lipinski definition) is 2. The summed E-state index contributed by atoms with van der Waals surface area (Å²) in [7, 11) is -3.71. The highest BCUT2D eigenvalue weighted by molar-refractivity contribution is 7.92. The molecule has 0 aromatic heterocycles. The zero-order valence-electron chi connectivity index (χ0n) is 9.01. The van der Waals surface area contributed by atoms with Gasteiger partial charge in [-0.2, -0.15) is 0 Å². The number of nitrogens with one attached hydrogen (secondary N) is 1. The smallest absolute Gasteiger partial charge is 0.212 e. The number of sulfone groups is 1. The zero-order chi connectivity index (χ0) is 12.9. The fourth-order valence-corrected chi connectivity index (χ4v) is 4.07. The first-order valence-corrected chi connectivity index (χ1v) is 7.00. The van der Waals surface area contributed by atoms with Crippen LogP contribution in [0.1, 0.15) is 0 Å². The predicted octanol–water partition coefficient (Wildman–Crippen LogP) is 2.94. The van der Waals surface area contributed by atoms with Crippen LogP contribution in [0.2, 0.25) is 5.02 Å². The van der Waals surface area contributed by atoms with Crippen LogP contribution in [0.4, 0.5) is 11.4 Å². The number of rotatable bonds is 0. The Labute approximate surface area is 109 Å². The predicted molar refractivity (Wildman–Crippen MR) is 68.3 cm³/mol. The third-order valence-electron chi connectivity index (χ3n) is 2.79. The lowest BCUT2D eigenvalue weighted by molar-refractivity contribution is 0.473. The lowest BCUT2D eigenvalue weighted by Crippen LogP contribution is -2.14. The van der Waals surface area contributed by atoms with Gasteiger partial charge in [-0.15, -0.1) is 0 Å². The van der Waals surface area contributed by atoms with Gasteiger partial charge in [0.1, 0.15) is 15.7 Å². The fraction of sp³-hybridized carbons (Fsp3) is 0. The molecule has 18 heavy (non-hydrogen) atoms. The van der Waals surface area contributed by atoms with Gasteiger partial charge in [-0.1, -0.05) is 23.7 Å². The first-order chi connectivity index (χ1) is 8.51. The second kappa shape index (κ2) is 3.63. The number of para-hydroxylation sites is 1. The summed E-state index contributed by atoms with van der Waals surface area (Å²) < 4.78 is 24.9. The van der Waals surface area contributed by atoms with Gasteiger partial charge >= 0.3 is 0 Å². The number of phenolic OH excluding ortho intramolecular Hbond substituents is 1. The van der Waals surface area contributed by atoms with Crippen LogP contribution in [0.25, 0.3) is 0 Å². The van der Waals surface area contributed by atoms with Crippen LogP contribution in [0.3, 0.4) is 0 Å². The van der Waals surface area contributed by atoms with Crippen LogP contribution in [0.15, 0.2) is 46.2 Å². The molecular weight excluding hydrogens is 274 g/mol. The molecule has 1 aliphatic rings. The van der Waals surface area contributed by atoms with Crippen molar-refractivity contribution in [3.8, 4) is 5.75 Å². The fourth-order valence-electron chi connectivity index (χ4n) is 1.97. The summed E-state index contributed by atoms with van der Waals surface area (Å²) in [4.78, 5) is 0.0767. The van der Waals surface area contributed by atoms with Crippen LogP contribution < -0.4 is 5.32 Å². The molecule has 92 valence electrons. The van der Waals surface area contributed by atoms with E-state index in [-0.39, 0.29) is 20.6 Å². The van der Waals surface area contributed by atoms with Crippen LogP contribution in [-0.2, 0) is 9.84 Å². The molecule has 0 bridgehead atoms. The van der Waals surface area contributed by atoms with Gasteiger partial charge in [-0.05, 0) is 24.3 Å². The minimum atomic E-state index is -3.71. The first kappa shape index (κ1) is 11.4. The molecule has 0 radical (unpaired) electrons. The van der Waals surface area contributed by atoms with E-state index in [1.54, 1.807) is 18.2 Å². The van der Waals surface area contributed by atoms with Crippen LogP contribution in [0, 0.1) is 0 Å². The second-order valence-corrected chi connectivity index (χ2v) is 6.13. The van der Waals surface area contributed by atoms with Crippen molar-refractivity contribution >= 4 is 32.8 Å². The number of halogens is 1. The quantitative estimate of drug-likeness (QED) is 0.622. The lowest BCUT2D eigenvalue weighted by Gasteiger charge is -2.22. The van der Waals surface area contributed by atoms with Crippen molar-refractivity contribution in [2.24, 2.45) is 0 Å². The van der Waals surface area contributed by atoms with Gasteiger partial charge in [0.05, 0.1) is 16.3 Å². The van der Waals surface area contributed by atoms with E-state index in [1.807, 2.05) is 0 Å². The maximum absolute atomic E-state index is 12.4. The standard InChI is InChI=1S/C12H8ClNO3S/c13-11-9(15)6-5-8-12(11)18(16,17)10-4-2-1-3-7(10)14-8/h1-6,14-15H. The Morgan fingerprint density at radius 3 is 2.56 bits per heavy atom. The summed E-state index contributed by atoms with van der Waals surface area (Å²) in [6.07, 6.45) is 0. The Hall–Kier alpha value is -1.72. The topological polar surface area (TPSA) is 66.4 Å². The van der Waals surface area contributed by atoms with E-state index in [4.69, 9.17) is 11.6 Å². The maximum Gasteiger partial charge on any atom is 0.212 e. The molecule has 0 unspecified atom stereocenters. The zero-order valence-corrected chi connectivity index (χ0v) is 10.6. The number of anilines is 2. The lowest BCUT2D eigenvalue weighted by atomic mass is 10.2. The highest BCUT2D eigenvalue weighted by atomic mass is 35.5. The molecule has 1 heterocycles. The number of aromatic hydroxyl groups is 1. The molecular formula is C12H8ClNO3S. The van der Waals surface area contributed by atoms with Crippen molar-refractivity contribution in [2.45, 2.75) is 9.79 Å². The van der Waals surface area contributed by atoms with E-state index in [0.29, 0.717) is 11.4 Å². The van der Waals surface area contributed by atoms with Crippen molar-refractivity contribution in [1.29, 1.82) is 0 Å². The van der Waals surface area contributed by atoms with E-state index < -0.39 is 9.84 Å². The summed E-state index contributed by atoms with van der Waals surface area (Å²) in [6.45, 7) is 0. The van der Waals surface area contributed by atoms with E-state index in [9.17, 15) is 13.5 Å². The molecule has 0 aliphatic carbocycles. The number of fused-ring (bicyclic) bond motifs is 2. The molecule has 0 saturated heterocycles. The van der Waals surface area contributed by atoms with Gasteiger partial charge in [0.15, 0.2) is 0 Å². The Bertz CT molecular complexity index is 756. The van der Waals surface area contributed by atoms with Crippen LogP contribution in [-0.4, -0.2) is 13.5 Å². The van der Waals surface area contributed by atoms with Gasteiger partial charge in [0.2, 0.25) is 9.84 Å².